The number of aromatic nitrogens is 4. The Bertz CT molecular complexity index is 1880. The highest BCUT2D eigenvalue weighted by Gasteiger charge is 2.21. The maximum Gasteiger partial charge on any atom is 0.338 e. The second-order valence-electron chi connectivity index (χ2n) is 11.2. The number of hydrogen-bond acceptors (Lipinski definition) is 7. The number of ether oxygens (including phenoxy) is 3. The van der Waals surface area contributed by atoms with Gasteiger partial charge in [0.15, 0.2) is 0 Å². The number of methoxy groups -OCH3 is 1. The molecule has 3 aromatic heterocycles. The number of carbonyl (C=O) groups is 1. The molecule has 0 saturated carbocycles. The van der Waals surface area contributed by atoms with E-state index in [4.69, 9.17) is 14.2 Å². The molecule has 5 aromatic rings. The SMILES string of the molecule is CC.CC.COCCn1c(Cc2cc(F)c(-c3cccc(OCc4ncc(Br)cc4F)n3)cc2F)nc2ccc(C(=O)OC(C)(C)C)cc21. The zero-order valence-corrected chi connectivity index (χ0v) is 30.6. The molecule has 0 fully saturated rings. The molecule has 0 bridgehead atoms. The van der Waals surface area contributed by atoms with E-state index in [2.05, 4.69) is 30.9 Å². The fraction of sp³-hybridized carbons (Fsp3) is 0.351. The van der Waals surface area contributed by atoms with Gasteiger partial charge in [-0.05, 0) is 84.7 Å². The van der Waals surface area contributed by atoms with Gasteiger partial charge in [0.2, 0.25) is 5.88 Å². The highest BCUT2D eigenvalue weighted by molar-refractivity contribution is 9.10. The normalized spacial score (nSPS) is 10.9. The van der Waals surface area contributed by atoms with Crippen molar-refractivity contribution in [3.8, 4) is 17.1 Å². The van der Waals surface area contributed by atoms with Crippen molar-refractivity contribution >= 4 is 32.9 Å². The summed E-state index contributed by atoms with van der Waals surface area (Å²) in [6.45, 7) is 13.9. The fourth-order valence-electron chi connectivity index (χ4n) is 4.63. The Morgan fingerprint density at radius 1 is 0.918 bits per heavy atom. The molecule has 49 heavy (non-hydrogen) atoms. The molecule has 5 rings (SSSR count). The van der Waals surface area contributed by atoms with Gasteiger partial charge in [0.25, 0.3) is 0 Å². The van der Waals surface area contributed by atoms with Gasteiger partial charge in [-0.15, -0.1) is 0 Å². The van der Waals surface area contributed by atoms with Crippen molar-refractivity contribution in [2.24, 2.45) is 0 Å². The van der Waals surface area contributed by atoms with Crippen LogP contribution in [0, 0.1) is 17.5 Å². The number of fused-ring (bicyclic) bond motifs is 1. The van der Waals surface area contributed by atoms with Crippen LogP contribution in [0.15, 0.2) is 65.3 Å². The number of nitrogens with zero attached hydrogens (tertiary/aromatic N) is 4. The van der Waals surface area contributed by atoms with E-state index in [1.807, 2.05) is 32.3 Å². The molecule has 262 valence electrons. The molecule has 0 spiro atoms. The molecular weight excluding hydrogens is 701 g/mol. The van der Waals surface area contributed by atoms with Crippen molar-refractivity contribution in [1.29, 1.82) is 0 Å². The van der Waals surface area contributed by atoms with Gasteiger partial charge >= 0.3 is 5.97 Å². The van der Waals surface area contributed by atoms with Crippen LogP contribution in [0.4, 0.5) is 13.2 Å². The summed E-state index contributed by atoms with van der Waals surface area (Å²) in [7, 11) is 1.56. The van der Waals surface area contributed by atoms with E-state index >= 15 is 8.78 Å². The molecular formula is C37H42BrF3N4O4. The average molecular weight is 744 g/mol. The Kier molecular flexibility index (Phi) is 14.3. The Morgan fingerprint density at radius 3 is 2.33 bits per heavy atom. The van der Waals surface area contributed by atoms with Gasteiger partial charge in [-0.3, -0.25) is 4.98 Å². The minimum atomic E-state index is -0.691. The summed E-state index contributed by atoms with van der Waals surface area (Å²) in [5.41, 5.74) is 1.15. The molecule has 0 unspecified atom stereocenters. The molecule has 0 aliphatic carbocycles. The number of carbonyl (C=O) groups excluding carboxylic acids is 1. The second kappa shape index (κ2) is 17.9. The lowest BCUT2D eigenvalue weighted by atomic mass is 10.0. The molecule has 12 heteroatoms. The highest BCUT2D eigenvalue weighted by Crippen LogP contribution is 2.28. The Morgan fingerprint density at radius 2 is 1.65 bits per heavy atom. The van der Waals surface area contributed by atoms with Crippen LogP contribution in [-0.2, 0) is 29.0 Å². The quantitative estimate of drug-likeness (QED) is 0.132. The zero-order valence-electron chi connectivity index (χ0n) is 29.0. The first-order valence-corrected chi connectivity index (χ1v) is 16.8. The standard InChI is InChI=1S/C33H30BrF3N4O4.2C2H6/c1-33(2,3)45-32(42)19-8-9-27-29(13-19)41(10-11-43-4)30(39-27)14-20-12-24(36)22(16-23(20)35)26-6-5-7-31(40-26)44-18-28-25(37)15-21(34)17-38-28;2*1-2/h5-9,12-13,15-17H,10-11,14,18H2,1-4H3;2*1-2H3. The summed E-state index contributed by atoms with van der Waals surface area (Å²) in [6.07, 6.45) is 1.42. The summed E-state index contributed by atoms with van der Waals surface area (Å²) in [5, 5.41) is 0. The van der Waals surface area contributed by atoms with E-state index in [9.17, 15) is 9.18 Å². The number of hydrogen-bond donors (Lipinski definition) is 0. The van der Waals surface area contributed by atoms with E-state index in [1.54, 1.807) is 52.1 Å². The third kappa shape index (κ3) is 10.4. The predicted molar refractivity (Wildman–Crippen MR) is 188 cm³/mol. The van der Waals surface area contributed by atoms with Crippen molar-refractivity contribution in [3.63, 3.8) is 0 Å². The van der Waals surface area contributed by atoms with Crippen LogP contribution < -0.4 is 4.74 Å². The number of esters is 1. The van der Waals surface area contributed by atoms with Crippen LogP contribution in [0.5, 0.6) is 5.88 Å². The third-order valence-corrected chi connectivity index (χ3v) is 7.14. The maximum atomic E-state index is 15.5. The summed E-state index contributed by atoms with van der Waals surface area (Å²) in [4.78, 5) is 25.6. The van der Waals surface area contributed by atoms with Crippen LogP contribution in [-0.4, -0.2) is 44.8 Å². The lowest BCUT2D eigenvalue weighted by Gasteiger charge is -2.19. The second-order valence-corrected chi connectivity index (χ2v) is 12.1. The van der Waals surface area contributed by atoms with E-state index < -0.39 is 29.0 Å². The molecule has 0 amide bonds. The van der Waals surface area contributed by atoms with Crippen LogP contribution in [0.25, 0.3) is 22.3 Å². The van der Waals surface area contributed by atoms with Crippen LogP contribution in [0.2, 0.25) is 0 Å². The van der Waals surface area contributed by atoms with Gasteiger partial charge in [-0.1, -0.05) is 33.8 Å². The minimum Gasteiger partial charge on any atom is -0.471 e. The van der Waals surface area contributed by atoms with E-state index in [-0.39, 0.29) is 41.4 Å². The summed E-state index contributed by atoms with van der Waals surface area (Å²) in [6, 6.07) is 13.1. The smallest absolute Gasteiger partial charge is 0.338 e. The first-order valence-electron chi connectivity index (χ1n) is 16.0. The number of benzene rings is 2. The number of halogens is 4. The van der Waals surface area contributed by atoms with Crippen LogP contribution in [0.1, 0.15) is 75.9 Å². The van der Waals surface area contributed by atoms with E-state index in [0.29, 0.717) is 40.0 Å². The largest absolute Gasteiger partial charge is 0.471 e. The lowest BCUT2D eigenvalue weighted by Crippen LogP contribution is -2.23. The molecule has 0 N–H and O–H groups in total. The molecule has 0 saturated heterocycles. The summed E-state index contributed by atoms with van der Waals surface area (Å²) < 4.78 is 63.8. The highest BCUT2D eigenvalue weighted by atomic mass is 79.9. The molecule has 0 radical (unpaired) electrons. The molecule has 8 nitrogen and oxygen atoms in total. The Hall–Kier alpha value is -4.29. The zero-order chi connectivity index (χ0) is 36.3. The van der Waals surface area contributed by atoms with E-state index in [1.165, 1.54) is 24.4 Å². The van der Waals surface area contributed by atoms with Gasteiger partial charge in [-0.25, -0.2) is 27.9 Å². The number of imidazole rings is 1. The molecule has 0 atom stereocenters. The van der Waals surface area contributed by atoms with Crippen molar-refractivity contribution in [2.45, 2.75) is 73.6 Å². The van der Waals surface area contributed by atoms with Gasteiger partial charge in [0.1, 0.15) is 41.2 Å². The monoisotopic (exact) mass is 742 g/mol. The molecule has 0 aliphatic rings. The van der Waals surface area contributed by atoms with Crippen LogP contribution in [0.3, 0.4) is 0 Å². The van der Waals surface area contributed by atoms with Gasteiger partial charge in [0.05, 0.1) is 28.9 Å². The number of pyridine rings is 2. The topological polar surface area (TPSA) is 88.4 Å². The lowest BCUT2D eigenvalue weighted by molar-refractivity contribution is 0.00696. The average Bonchev–Trinajstić information content (AvgIpc) is 3.42. The number of rotatable bonds is 10. The first-order chi connectivity index (χ1) is 23.4. The first kappa shape index (κ1) is 39.2. The van der Waals surface area contributed by atoms with Crippen molar-refractivity contribution in [3.05, 3.63) is 105 Å². The van der Waals surface area contributed by atoms with Crippen molar-refractivity contribution in [1.82, 2.24) is 19.5 Å². The van der Waals surface area contributed by atoms with Crippen molar-refractivity contribution < 1.29 is 32.2 Å². The van der Waals surface area contributed by atoms with Crippen LogP contribution >= 0.6 is 15.9 Å². The Labute approximate surface area is 293 Å². The molecule has 3 heterocycles. The van der Waals surface area contributed by atoms with Gasteiger partial charge < -0.3 is 18.8 Å². The van der Waals surface area contributed by atoms with Crippen molar-refractivity contribution in [2.75, 3.05) is 13.7 Å². The minimum absolute atomic E-state index is 0.0223. The molecule has 2 aromatic carbocycles. The van der Waals surface area contributed by atoms with Gasteiger partial charge in [0, 0.05) is 42.4 Å². The Balaban J connectivity index is 0.00000157. The van der Waals surface area contributed by atoms with Gasteiger partial charge in [-0.2, -0.15) is 0 Å². The summed E-state index contributed by atoms with van der Waals surface area (Å²) in [5.74, 6) is -1.81. The predicted octanol–water partition coefficient (Wildman–Crippen LogP) is 9.50. The maximum absolute atomic E-state index is 15.5. The fourth-order valence-corrected chi connectivity index (χ4v) is 4.93. The van der Waals surface area contributed by atoms with E-state index in [0.717, 1.165) is 12.1 Å². The molecule has 0 aliphatic heterocycles. The third-order valence-electron chi connectivity index (χ3n) is 6.71. The summed E-state index contributed by atoms with van der Waals surface area (Å²) >= 11 is 3.15.